The summed E-state index contributed by atoms with van der Waals surface area (Å²) in [4.78, 5) is 12.9. The van der Waals surface area contributed by atoms with Crippen molar-refractivity contribution in [1.29, 1.82) is 0 Å². The highest BCUT2D eigenvalue weighted by atomic mass is 16.5. The van der Waals surface area contributed by atoms with Crippen molar-refractivity contribution < 1.29 is 14.3 Å². The third-order valence-electron chi connectivity index (χ3n) is 6.31. The van der Waals surface area contributed by atoms with Crippen LogP contribution in [0.5, 0.6) is 5.75 Å². The molecule has 26 heavy (non-hydrogen) atoms. The molecule has 4 atom stereocenters. The molecule has 0 spiro atoms. The minimum absolute atomic E-state index is 0.0842. The van der Waals surface area contributed by atoms with Crippen LogP contribution < -0.4 is 15.8 Å². The van der Waals surface area contributed by atoms with Crippen LogP contribution in [0.3, 0.4) is 0 Å². The molecule has 0 heterocycles. The molecular weight excluding hydrogens is 328 g/mol. The van der Waals surface area contributed by atoms with Crippen molar-refractivity contribution in [1.82, 2.24) is 5.32 Å². The lowest BCUT2D eigenvalue weighted by molar-refractivity contribution is -0.129. The number of carbonyl (C=O) groups excluding carboxylic acids is 1. The van der Waals surface area contributed by atoms with E-state index in [2.05, 4.69) is 5.32 Å². The summed E-state index contributed by atoms with van der Waals surface area (Å²) in [5.74, 6) is 2.06. The molecule has 5 heteroatoms. The maximum atomic E-state index is 12.9. The highest BCUT2D eigenvalue weighted by molar-refractivity contribution is 5.79. The van der Waals surface area contributed by atoms with Gasteiger partial charge in [-0.2, -0.15) is 0 Å². The molecule has 2 saturated carbocycles. The lowest BCUT2D eigenvalue weighted by Crippen LogP contribution is -2.50. The van der Waals surface area contributed by atoms with Gasteiger partial charge in [0.15, 0.2) is 0 Å². The van der Waals surface area contributed by atoms with Gasteiger partial charge < -0.3 is 20.5 Å². The number of hydrogen-bond donors (Lipinski definition) is 2. The van der Waals surface area contributed by atoms with E-state index in [1.807, 2.05) is 31.2 Å². The van der Waals surface area contributed by atoms with Crippen LogP contribution >= 0.6 is 0 Å². The van der Waals surface area contributed by atoms with E-state index in [0.717, 1.165) is 24.2 Å². The van der Waals surface area contributed by atoms with Gasteiger partial charge in [-0.05, 0) is 62.1 Å². The van der Waals surface area contributed by atoms with Crippen molar-refractivity contribution >= 4 is 5.91 Å². The number of fused-ring (bicyclic) bond motifs is 2. The molecule has 3 N–H and O–H groups in total. The Balaban J connectivity index is 1.62. The molecular formula is C21H32N2O3. The van der Waals surface area contributed by atoms with Gasteiger partial charge in [-0.3, -0.25) is 4.79 Å². The summed E-state index contributed by atoms with van der Waals surface area (Å²) in [7, 11) is 3.33. The quantitative estimate of drug-likeness (QED) is 0.818. The maximum Gasteiger partial charge on any atom is 0.223 e. The smallest absolute Gasteiger partial charge is 0.223 e. The molecule has 1 aromatic carbocycles. The second-order valence-electron chi connectivity index (χ2n) is 7.92. The molecule has 0 aromatic heterocycles. The Labute approximate surface area is 156 Å². The Kier molecular flexibility index (Phi) is 6.20. The Morgan fingerprint density at radius 3 is 2.31 bits per heavy atom. The van der Waals surface area contributed by atoms with Crippen molar-refractivity contribution in [2.45, 2.75) is 57.2 Å². The number of methoxy groups -OCH3 is 2. The summed E-state index contributed by atoms with van der Waals surface area (Å²) in [6.07, 6.45) is 5.27. The minimum Gasteiger partial charge on any atom is -0.497 e. The second kappa shape index (κ2) is 8.40. The fraction of sp³-hybridized carbons (Fsp3) is 0.667. The molecule has 1 aromatic rings. The predicted molar refractivity (Wildman–Crippen MR) is 102 cm³/mol. The number of ether oxygens (including phenoxy) is 2. The molecule has 0 aliphatic heterocycles. The zero-order chi connectivity index (χ0) is 18.7. The monoisotopic (exact) mass is 360 g/mol. The van der Waals surface area contributed by atoms with E-state index in [0.29, 0.717) is 11.8 Å². The zero-order valence-electron chi connectivity index (χ0n) is 16.1. The van der Waals surface area contributed by atoms with Gasteiger partial charge in [0, 0.05) is 19.1 Å². The minimum atomic E-state index is -0.185. The Morgan fingerprint density at radius 1 is 1.15 bits per heavy atom. The number of nitrogens with one attached hydrogen (secondary N) is 1. The molecule has 2 fully saturated rings. The number of amides is 1. The first-order valence-corrected chi connectivity index (χ1v) is 9.76. The van der Waals surface area contributed by atoms with Gasteiger partial charge in [0.25, 0.3) is 0 Å². The van der Waals surface area contributed by atoms with Crippen LogP contribution in [0.2, 0.25) is 0 Å². The SMILES string of the molecule is COc1ccc(C(OC)C(C)NC(=O)C2CC3CCCC(C2)C3N)cc1. The molecule has 1 amide bonds. The average Bonchev–Trinajstić information content (AvgIpc) is 2.62. The largest absolute Gasteiger partial charge is 0.497 e. The summed E-state index contributed by atoms with van der Waals surface area (Å²) in [5.41, 5.74) is 7.39. The van der Waals surface area contributed by atoms with Crippen LogP contribution in [0, 0.1) is 17.8 Å². The van der Waals surface area contributed by atoms with Crippen molar-refractivity contribution in [2.75, 3.05) is 14.2 Å². The standard InChI is InChI=1S/C21H32N2O3/c1-13(20(26-3)14-7-9-18(25-2)10-8-14)23-21(24)17-11-15-5-4-6-16(12-17)19(15)22/h7-10,13,15-17,19-20H,4-6,11-12,22H2,1-3H3,(H,23,24). The lowest BCUT2D eigenvalue weighted by atomic mass is 9.65. The number of benzene rings is 1. The molecule has 0 radical (unpaired) electrons. The highest BCUT2D eigenvalue weighted by Crippen LogP contribution is 2.42. The Hall–Kier alpha value is -1.59. The molecule has 2 aliphatic rings. The molecule has 0 saturated heterocycles. The summed E-state index contributed by atoms with van der Waals surface area (Å²) in [6.45, 7) is 2.01. The number of nitrogens with two attached hydrogens (primary N) is 1. The van der Waals surface area contributed by atoms with E-state index >= 15 is 0 Å². The fourth-order valence-electron chi connectivity index (χ4n) is 4.84. The first-order valence-electron chi connectivity index (χ1n) is 9.76. The van der Waals surface area contributed by atoms with E-state index in [1.54, 1.807) is 14.2 Å². The van der Waals surface area contributed by atoms with E-state index in [4.69, 9.17) is 15.2 Å². The van der Waals surface area contributed by atoms with Crippen molar-refractivity contribution in [3.05, 3.63) is 29.8 Å². The molecule has 144 valence electrons. The van der Waals surface area contributed by atoms with Crippen molar-refractivity contribution in [2.24, 2.45) is 23.5 Å². The van der Waals surface area contributed by atoms with Gasteiger partial charge in [0.05, 0.1) is 13.2 Å². The molecule has 2 bridgehead atoms. The average molecular weight is 360 g/mol. The molecule has 2 aliphatic carbocycles. The number of carbonyl (C=O) groups is 1. The van der Waals surface area contributed by atoms with Crippen LogP contribution in [0.1, 0.15) is 50.7 Å². The highest BCUT2D eigenvalue weighted by Gasteiger charge is 2.40. The van der Waals surface area contributed by atoms with Gasteiger partial charge in [0.1, 0.15) is 11.9 Å². The van der Waals surface area contributed by atoms with Gasteiger partial charge in [0.2, 0.25) is 5.91 Å². The van der Waals surface area contributed by atoms with Gasteiger partial charge in [-0.25, -0.2) is 0 Å². The van der Waals surface area contributed by atoms with Crippen LogP contribution in [0.15, 0.2) is 24.3 Å². The van der Waals surface area contributed by atoms with Gasteiger partial charge in [-0.1, -0.05) is 18.6 Å². The molecule has 3 rings (SSSR count). The molecule has 4 unspecified atom stereocenters. The summed E-state index contributed by atoms with van der Waals surface area (Å²) >= 11 is 0. The predicted octanol–water partition coefficient (Wildman–Crippen LogP) is 3.04. The number of hydrogen-bond acceptors (Lipinski definition) is 4. The Morgan fingerprint density at radius 2 is 1.77 bits per heavy atom. The summed E-state index contributed by atoms with van der Waals surface area (Å²) < 4.78 is 10.9. The van der Waals surface area contributed by atoms with E-state index in [1.165, 1.54) is 19.3 Å². The van der Waals surface area contributed by atoms with E-state index in [9.17, 15) is 4.79 Å². The topological polar surface area (TPSA) is 73.6 Å². The summed E-state index contributed by atoms with van der Waals surface area (Å²) in [5, 5.41) is 3.20. The third kappa shape index (κ3) is 4.04. The first kappa shape index (κ1) is 19.2. The van der Waals surface area contributed by atoms with Gasteiger partial charge >= 0.3 is 0 Å². The normalized spacial score (nSPS) is 30.3. The lowest BCUT2D eigenvalue weighted by Gasteiger charge is -2.43. The van der Waals surface area contributed by atoms with Crippen molar-refractivity contribution in [3.63, 3.8) is 0 Å². The van der Waals surface area contributed by atoms with E-state index in [-0.39, 0.29) is 30.0 Å². The first-order chi connectivity index (χ1) is 12.5. The summed E-state index contributed by atoms with van der Waals surface area (Å²) in [6, 6.07) is 7.99. The van der Waals surface area contributed by atoms with Crippen LogP contribution in [-0.2, 0) is 9.53 Å². The zero-order valence-corrected chi connectivity index (χ0v) is 16.1. The van der Waals surface area contributed by atoms with Crippen molar-refractivity contribution in [3.8, 4) is 5.75 Å². The van der Waals surface area contributed by atoms with Crippen LogP contribution in [-0.4, -0.2) is 32.2 Å². The van der Waals surface area contributed by atoms with E-state index < -0.39 is 0 Å². The van der Waals surface area contributed by atoms with Crippen LogP contribution in [0.4, 0.5) is 0 Å². The molecule has 5 nitrogen and oxygen atoms in total. The van der Waals surface area contributed by atoms with Crippen LogP contribution in [0.25, 0.3) is 0 Å². The van der Waals surface area contributed by atoms with Gasteiger partial charge in [-0.15, -0.1) is 0 Å². The fourth-order valence-corrected chi connectivity index (χ4v) is 4.84. The third-order valence-corrected chi connectivity index (χ3v) is 6.31. The number of rotatable bonds is 6. The second-order valence-corrected chi connectivity index (χ2v) is 7.92. The maximum absolute atomic E-state index is 12.9. The Bertz CT molecular complexity index is 590.